The molecule has 4 aliphatic carbocycles. The van der Waals surface area contributed by atoms with Crippen LogP contribution in [-0.2, 0) is 0 Å². The second-order valence-corrected chi connectivity index (χ2v) is 12.9. The molecule has 1 heteroatoms. The summed E-state index contributed by atoms with van der Waals surface area (Å²) in [6, 6.07) is 0. The Morgan fingerprint density at radius 1 is 0.867 bits per heavy atom. The van der Waals surface area contributed by atoms with E-state index in [1.54, 1.807) is 0 Å². The van der Waals surface area contributed by atoms with Crippen molar-refractivity contribution in [2.24, 2.45) is 58.2 Å². The lowest BCUT2D eigenvalue weighted by molar-refractivity contribution is -0.128. The largest absolute Gasteiger partial charge is 0.393 e. The standard InChI is InChI=1S/C29H50O/c1-7-21(19(2)3)9-8-20(4)25-12-13-26-24-11-10-22-18-23(30)14-16-28(22,5)27(24)15-17-29(25,26)6/h8-9,19-27,30H,7,10-18H2,1-6H3/b9-8+/t20-,21+,22+,23+,24+,25-,26+,27+,28+,29-/m1/s1. The molecule has 4 rings (SSSR count). The maximum Gasteiger partial charge on any atom is 0.0543 e. The van der Waals surface area contributed by atoms with E-state index in [9.17, 15) is 5.11 Å². The summed E-state index contributed by atoms with van der Waals surface area (Å²) in [7, 11) is 0. The van der Waals surface area contributed by atoms with Gasteiger partial charge in [0.1, 0.15) is 0 Å². The lowest BCUT2D eigenvalue weighted by Gasteiger charge is -2.61. The van der Waals surface area contributed by atoms with Crippen molar-refractivity contribution in [2.45, 2.75) is 112 Å². The highest BCUT2D eigenvalue weighted by atomic mass is 16.3. The highest BCUT2D eigenvalue weighted by Gasteiger charge is 2.60. The number of rotatable bonds is 5. The lowest BCUT2D eigenvalue weighted by atomic mass is 9.44. The molecule has 172 valence electrons. The molecule has 0 radical (unpaired) electrons. The van der Waals surface area contributed by atoms with Gasteiger partial charge >= 0.3 is 0 Å². The third-order valence-electron chi connectivity index (χ3n) is 11.3. The average molecular weight is 415 g/mol. The van der Waals surface area contributed by atoms with Gasteiger partial charge in [0.05, 0.1) is 6.10 Å². The summed E-state index contributed by atoms with van der Waals surface area (Å²) >= 11 is 0. The van der Waals surface area contributed by atoms with Crippen LogP contribution in [-0.4, -0.2) is 11.2 Å². The first kappa shape index (κ1) is 22.9. The van der Waals surface area contributed by atoms with E-state index in [0.717, 1.165) is 60.2 Å². The fraction of sp³-hybridized carbons (Fsp3) is 0.931. The Balaban J connectivity index is 1.49. The molecule has 10 atom stereocenters. The summed E-state index contributed by atoms with van der Waals surface area (Å²) in [6.07, 6.45) is 18.5. The molecule has 30 heavy (non-hydrogen) atoms. The maximum absolute atomic E-state index is 10.3. The molecule has 4 saturated carbocycles. The van der Waals surface area contributed by atoms with Gasteiger partial charge in [-0.05, 0) is 122 Å². The van der Waals surface area contributed by atoms with Gasteiger partial charge < -0.3 is 5.11 Å². The minimum absolute atomic E-state index is 0.0187. The quantitative estimate of drug-likeness (QED) is 0.454. The van der Waals surface area contributed by atoms with E-state index < -0.39 is 0 Å². The third-order valence-corrected chi connectivity index (χ3v) is 11.3. The van der Waals surface area contributed by atoms with Crippen molar-refractivity contribution in [3.05, 3.63) is 12.2 Å². The summed E-state index contributed by atoms with van der Waals surface area (Å²) in [5, 5.41) is 10.3. The van der Waals surface area contributed by atoms with Gasteiger partial charge in [-0.1, -0.05) is 53.7 Å². The summed E-state index contributed by atoms with van der Waals surface area (Å²) in [6.45, 7) is 14.9. The third kappa shape index (κ3) is 3.74. The molecule has 0 aromatic rings. The maximum atomic E-state index is 10.3. The summed E-state index contributed by atoms with van der Waals surface area (Å²) in [5.74, 6) is 6.72. The number of fused-ring (bicyclic) bond motifs is 5. The van der Waals surface area contributed by atoms with Crippen LogP contribution >= 0.6 is 0 Å². The molecular weight excluding hydrogens is 364 g/mol. The molecule has 4 aliphatic rings. The van der Waals surface area contributed by atoms with Gasteiger partial charge in [0.2, 0.25) is 0 Å². The van der Waals surface area contributed by atoms with E-state index in [0.29, 0.717) is 10.8 Å². The van der Waals surface area contributed by atoms with Crippen molar-refractivity contribution >= 4 is 0 Å². The van der Waals surface area contributed by atoms with Crippen LogP contribution in [0.5, 0.6) is 0 Å². The lowest BCUT2D eigenvalue weighted by Crippen LogP contribution is -2.54. The van der Waals surface area contributed by atoms with Crippen molar-refractivity contribution in [2.75, 3.05) is 0 Å². The Hall–Kier alpha value is -0.300. The first-order valence-corrected chi connectivity index (χ1v) is 13.6. The van der Waals surface area contributed by atoms with Crippen LogP contribution in [0, 0.1) is 58.2 Å². The SMILES string of the molecule is CC[C@@H](/C=C/[C@@H](C)[C@H]1CC[C@H]2[C@@H]3CC[C@H]4C[C@@H](O)CC[C@]4(C)[C@H]3CC[C@]12C)C(C)C. The van der Waals surface area contributed by atoms with Crippen LogP contribution in [0.1, 0.15) is 106 Å². The fourth-order valence-corrected chi connectivity index (χ4v) is 9.42. The van der Waals surface area contributed by atoms with Crippen LogP contribution in [0.2, 0.25) is 0 Å². The van der Waals surface area contributed by atoms with E-state index in [1.807, 2.05) is 0 Å². The van der Waals surface area contributed by atoms with Gasteiger partial charge in [0.15, 0.2) is 0 Å². The predicted molar refractivity (Wildman–Crippen MR) is 128 cm³/mol. The van der Waals surface area contributed by atoms with Gasteiger partial charge in [-0.2, -0.15) is 0 Å². The molecule has 0 saturated heterocycles. The number of aliphatic hydroxyl groups is 1. The number of aliphatic hydroxyl groups excluding tert-OH is 1. The van der Waals surface area contributed by atoms with Crippen molar-refractivity contribution in [1.82, 2.24) is 0 Å². The molecule has 0 aliphatic heterocycles. The van der Waals surface area contributed by atoms with E-state index in [-0.39, 0.29) is 6.10 Å². The van der Waals surface area contributed by atoms with Crippen molar-refractivity contribution in [3.8, 4) is 0 Å². The monoisotopic (exact) mass is 414 g/mol. The van der Waals surface area contributed by atoms with E-state index in [1.165, 1.54) is 51.4 Å². The molecule has 4 fully saturated rings. The Kier molecular flexibility index (Phi) is 6.53. The van der Waals surface area contributed by atoms with Crippen molar-refractivity contribution in [3.63, 3.8) is 0 Å². The molecule has 0 heterocycles. The molecule has 1 nitrogen and oxygen atoms in total. The normalized spacial score (nSPS) is 48.3. The van der Waals surface area contributed by atoms with Crippen LogP contribution in [0.15, 0.2) is 12.2 Å². The summed E-state index contributed by atoms with van der Waals surface area (Å²) in [4.78, 5) is 0. The Labute approximate surface area is 187 Å². The second-order valence-electron chi connectivity index (χ2n) is 12.9. The number of hydrogen-bond donors (Lipinski definition) is 1. The van der Waals surface area contributed by atoms with Crippen LogP contribution in [0.4, 0.5) is 0 Å². The molecule has 0 unspecified atom stereocenters. The molecular formula is C29H50O. The highest BCUT2D eigenvalue weighted by Crippen LogP contribution is 2.68. The molecule has 0 aromatic heterocycles. The average Bonchev–Trinajstić information content (AvgIpc) is 3.06. The van der Waals surface area contributed by atoms with Gasteiger partial charge in [-0.25, -0.2) is 0 Å². The van der Waals surface area contributed by atoms with Gasteiger partial charge in [0, 0.05) is 0 Å². The van der Waals surface area contributed by atoms with Gasteiger partial charge in [-0.3, -0.25) is 0 Å². The second kappa shape index (κ2) is 8.57. The minimum Gasteiger partial charge on any atom is -0.393 e. The molecule has 0 spiro atoms. The zero-order valence-corrected chi connectivity index (χ0v) is 20.9. The zero-order chi connectivity index (χ0) is 21.7. The van der Waals surface area contributed by atoms with Gasteiger partial charge in [0.25, 0.3) is 0 Å². The Morgan fingerprint density at radius 3 is 2.27 bits per heavy atom. The first-order chi connectivity index (χ1) is 14.2. The highest BCUT2D eigenvalue weighted by molar-refractivity contribution is 5.11. The van der Waals surface area contributed by atoms with Crippen LogP contribution in [0.25, 0.3) is 0 Å². The topological polar surface area (TPSA) is 20.2 Å². The fourth-order valence-electron chi connectivity index (χ4n) is 9.42. The van der Waals surface area contributed by atoms with E-state index in [4.69, 9.17) is 0 Å². The summed E-state index contributed by atoms with van der Waals surface area (Å²) < 4.78 is 0. The number of hydrogen-bond acceptors (Lipinski definition) is 1. The Morgan fingerprint density at radius 2 is 1.57 bits per heavy atom. The van der Waals surface area contributed by atoms with Crippen LogP contribution in [0.3, 0.4) is 0 Å². The number of allylic oxidation sites excluding steroid dienone is 2. The smallest absolute Gasteiger partial charge is 0.0543 e. The molecule has 1 N–H and O–H groups in total. The van der Waals surface area contributed by atoms with E-state index in [2.05, 4.69) is 53.7 Å². The Bertz CT molecular complexity index is 622. The first-order valence-electron chi connectivity index (χ1n) is 13.6. The zero-order valence-electron chi connectivity index (χ0n) is 20.9. The molecule has 0 aromatic carbocycles. The minimum atomic E-state index is -0.0187. The molecule has 0 bridgehead atoms. The van der Waals surface area contributed by atoms with Gasteiger partial charge in [-0.15, -0.1) is 0 Å². The molecule has 0 amide bonds. The van der Waals surface area contributed by atoms with E-state index >= 15 is 0 Å². The summed E-state index contributed by atoms with van der Waals surface area (Å²) in [5.41, 5.74) is 1.07. The van der Waals surface area contributed by atoms with Crippen LogP contribution < -0.4 is 0 Å². The van der Waals surface area contributed by atoms with Crippen molar-refractivity contribution in [1.29, 1.82) is 0 Å². The predicted octanol–water partition coefficient (Wildman–Crippen LogP) is 7.88. The van der Waals surface area contributed by atoms with Crippen molar-refractivity contribution < 1.29 is 5.11 Å².